The first-order valence-electron chi connectivity index (χ1n) is 7.17. The van der Waals surface area contributed by atoms with Gasteiger partial charge in [-0.15, -0.1) is 0 Å². The molecule has 1 heterocycles. The summed E-state index contributed by atoms with van der Waals surface area (Å²) < 4.78 is 0. The molecule has 0 aromatic carbocycles. The van der Waals surface area contributed by atoms with E-state index in [1.165, 1.54) is 0 Å². The number of nitrogens with zero attached hydrogens (tertiary/aromatic N) is 1. The standard InChI is InChI=1S/C14H24N2O4/c1-10(2)9-12(17)15-6-3-13(18)16-7-4-11(5-8-16)14(19)20/h10-11H,3-9H2,1-2H3,(H,15,17)(H,19,20). The van der Waals surface area contributed by atoms with E-state index < -0.39 is 5.97 Å². The normalized spacial score (nSPS) is 16.2. The predicted octanol–water partition coefficient (Wildman–Crippen LogP) is 0.862. The third kappa shape index (κ3) is 5.59. The number of aliphatic carboxylic acids is 1. The topological polar surface area (TPSA) is 86.7 Å². The lowest BCUT2D eigenvalue weighted by Crippen LogP contribution is -2.41. The van der Waals surface area contributed by atoms with Crippen LogP contribution in [-0.2, 0) is 14.4 Å². The lowest BCUT2D eigenvalue weighted by Gasteiger charge is -2.30. The third-order valence-electron chi connectivity index (χ3n) is 3.45. The number of hydrogen-bond acceptors (Lipinski definition) is 3. The molecule has 6 heteroatoms. The highest BCUT2D eigenvalue weighted by atomic mass is 16.4. The predicted molar refractivity (Wildman–Crippen MR) is 74.0 cm³/mol. The van der Waals surface area contributed by atoms with Crippen LogP contribution in [0.5, 0.6) is 0 Å². The Labute approximate surface area is 119 Å². The van der Waals surface area contributed by atoms with Crippen molar-refractivity contribution in [2.24, 2.45) is 11.8 Å². The molecule has 1 saturated heterocycles. The molecule has 0 radical (unpaired) electrons. The lowest BCUT2D eigenvalue weighted by molar-refractivity contribution is -0.145. The summed E-state index contributed by atoms with van der Waals surface area (Å²) in [4.78, 5) is 35.8. The molecule has 2 N–H and O–H groups in total. The van der Waals surface area contributed by atoms with E-state index in [0.717, 1.165) is 0 Å². The van der Waals surface area contributed by atoms with Crippen molar-refractivity contribution >= 4 is 17.8 Å². The van der Waals surface area contributed by atoms with Crippen molar-refractivity contribution in [2.75, 3.05) is 19.6 Å². The molecule has 1 rings (SSSR count). The molecule has 0 aromatic rings. The summed E-state index contributed by atoms with van der Waals surface area (Å²) in [5.74, 6) is -0.848. The lowest BCUT2D eigenvalue weighted by atomic mass is 9.97. The molecular weight excluding hydrogens is 260 g/mol. The molecule has 0 bridgehead atoms. The van der Waals surface area contributed by atoms with Gasteiger partial charge >= 0.3 is 5.97 Å². The highest BCUT2D eigenvalue weighted by Crippen LogP contribution is 2.17. The second-order valence-electron chi connectivity index (χ2n) is 5.69. The molecule has 0 saturated carbocycles. The van der Waals surface area contributed by atoms with E-state index in [1.807, 2.05) is 13.8 Å². The van der Waals surface area contributed by atoms with Gasteiger partial charge in [0.1, 0.15) is 0 Å². The Morgan fingerprint density at radius 3 is 2.35 bits per heavy atom. The average Bonchev–Trinajstić information content (AvgIpc) is 2.37. The number of amides is 2. The smallest absolute Gasteiger partial charge is 0.306 e. The van der Waals surface area contributed by atoms with Gasteiger partial charge in [-0.1, -0.05) is 13.8 Å². The largest absolute Gasteiger partial charge is 0.481 e. The van der Waals surface area contributed by atoms with Gasteiger partial charge in [0, 0.05) is 32.5 Å². The number of piperidine rings is 1. The molecule has 0 aliphatic carbocycles. The number of carbonyl (C=O) groups excluding carboxylic acids is 2. The summed E-state index contributed by atoms with van der Waals surface area (Å²) in [6, 6.07) is 0. The van der Waals surface area contributed by atoms with Gasteiger partial charge in [-0.25, -0.2) is 0 Å². The maximum Gasteiger partial charge on any atom is 0.306 e. The van der Waals surface area contributed by atoms with E-state index in [1.54, 1.807) is 4.90 Å². The summed E-state index contributed by atoms with van der Waals surface area (Å²) in [6.45, 7) is 5.28. The number of likely N-dealkylation sites (tertiary alicyclic amines) is 1. The van der Waals surface area contributed by atoms with Gasteiger partial charge in [0.05, 0.1) is 5.92 Å². The number of carboxylic acid groups (broad SMARTS) is 1. The maximum absolute atomic E-state index is 11.9. The zero-order valence-corrected chi connectivity index (χ0v) is 12.2. The molecule has 6 nitrogen and oxygen atoms in total. The number of hydrogen-bond donors (Lipinski definition) is 2. The molecule has 1 aliphatic rings. The Hall–Kier alpha value is -1.59. The van der Waals surface area contributed by atoms with Crippen molar-refractivity contribution in [1.82, 2.24) is 10.2 Å². The van der Waals surface area contributed by atoms with Gasteiger partial charge in [0.15, 0.2) is 0 Å². The van der Waals surface area contributed by atoms with Crippen LogP contribution >= 0.6 is 0 Å². The van der Waals surface area contributed by atoms with Gasteiger partial charge in [-0.05, 0) is 18.8 Å². The van der Waals surface area contributed by atoms with Crippen molar-refractivity contribution in [3.8, 4) is 0 Å². The molecule has 1 aliphatic heterocycles. The van der Waals surface area contributed by atoms with Gasteiger partial charge in [-0.2, -0.15) is 0 Å². The van der Waals surface area contributed by atoms with Gasteiger partial charge in [-0.3, -0.25) is 14.4 Å². The first-order valence-corrected chi connectivity index (χ1v) is 7.17. The Balaban J connectivity index is 2.21. The minimum absolute atomic E-state index is 0.0151. The zero-order chi connectivity index (χ0) is 15.1. The Kier molecular flexibility index (Phi) is 6.48. The van der Waals surface area contributed by atoms with Gasteiger partial charge in [0.2, 0.25) is 11.8 Å². The zero-order valence-electron chi connectivity index (χ0n) is 12.2. The van der Waals surface area contributed by atoms with Crippen LogP contribution in [0.3, 0.4) is 0 Å². The highest BCUT2D eigenvalue weighted by Gasteiger charge is 2.26. The van der Waals surface area contributed by atoms with Crippen molar-refractivity contribution in [2.45, 2.75) is 39.5 Å². The first-order chi connectivity index (χ1) is 9.40. The number of nitrogens with one attached hydrogen (secondary N) is 1. The van der Waals surface area contributed by atoms with E-state index >= 15 is 0 Å². The van der Waals surface area contributed by atoms with Gasteiger partial charge < -0.3 is 15.3 Å². The molecule has 0 spiro atoms. The highest BCUT2D eigenvalue weighted by molar-refractivity contribution is 5.79. The van der Waals surface area contributed by atoms with Crippen LogP contribution in [-0.4, -0.2) is 47.4 Å². The van der Waals surface area contributed by atoms with Crippen molar-refractivity contribution in [3.05, 3.63) is 0 Å². The van der Waals surface area contributed by atoms with Crippen molar-refractivity contribution < 1.29 is 19.5 Å². The SMILES string of the molecule is CC(C)CC(=O)NCCC(=O)N1CCC(C(=O)O)CC1. The number of carbonyl (C=O) groups is 3. The van der Waals surface area contributed by atoms with E-state index in [-0.39, 0.29) is 24.2 Å². The minimum atomic E-state index is -0.780. The van der Waals surface area contributed by atoms with E-state index in [9.17, 15) is 14.4 Å². The fourth-order valence-electron chi connectivity index (χ4n) is 2.29. The van der Waals surface area contributed by atoms with E-state index in [0.29, 0.717) is 44.8 Å². The number of carboxylic acids is 1. The molecule has 20 heavy (non-hydrogen) atoms. The molecule has 114 valence electrons. The minimum Gasteiger partial charge on any atom is -0.481 e. The van der Waals surface area contributed by atoms with Crippen LogP contribution in [0, 0.1) is 11.8 Å². The average molecular weight is 284 g/mol. The van der Waals surface area contributed by atoms with Gasteiger partial charge in [0.25, 0.3) is 0 Å². The third-order valence-corrected chi connectivity index (χ3v) is 3.45. The summed E-state index contributed by atoms with van der Waals surface area (Å²) in [7, 11) is 0. The van der Waals surface area contributed by atoms with Crippen LogP contribution < -0.4 is 5.32 Å². The second-order valence-corrected chi connectivity index (χ2v) is 5.69. The molecular formula is C14H24N2O4. The van der Waals surface area contributed by atoms with Crippen molar-refractivity contribution in [3.63, 3.8) is 0 Å². The van der Waals surface area contributed by atoms with Crippen LogP contribution in [0.1, 0.15) is 39.5 Å². The molecule has 2 amide bonds. The molecule has 0 aromatic heterocycles. The van der Waals surface area contributed by atoms with Crippen LogP contribution in [0.15, 0.2) is 0 Å². The summed E-state index contributed by atoms with van der Waals surface area (Å²) >= 11 is 0. The Morgan fingerprint density at radius 2 is 1.85 bits per heavy atom. The van der Waals surface area contributed by atoms with Crippen LogP contribution in [0.2, 0.25) is 0 Å². The van der Waals surface area contributed by atoms with E-state index in [2.05, 4.69) is 5.32 Å². The quantitative estimate of drug-likeness (QED) is 0.757. The second kappa shape index (κ2) is 7.87. The fraction of sp³-hybridized carbons (Fsp3) is 0.786. The maximum atomic E-state index is 11.9. The first kappa shape index (κ1) is 16.5. The summed E-state index contributed by atoms with van der Waals surface area (Å²) in [6.07, 6.45) is 1.78. The summed E-state index contributed by atoms with van der Waals surface area (Å²) in [5, 5.41) is 11.6. The molecule has 1 fully saturated rings. The number of rotatable bonds is 6. The molecule has 0 atom stereocenters. The Bertz CT molecular complexity index is 360. The fourth-order valence-corrected chi connectivity index (χ4v) is 2.29. The Morgan fingerprint density at radius 1 is 1.25 bits per heavy atom. The van der Waals surface area contributed by atoms with Crippen molar-refractivity contribution in [1.29, 1.82) is 0 Å². The molecule has 0 unspecified atom stereocenters. The monoisotopic (exact) mass is 284 g/mol. The van der Waals surface area contributed by atoms with Crippen LogP contribution in [0.4, 0.5) is 0 Å². The summed E-state index contributed by atoms with van der Waals surface area (Å²) in [5.41, 5.74) is 0. The van der Waals surface area contributed by atoms with Crippen LogP contribution in [0.25, 0.3) is 0 Å². The van der Waals surface area contributed by atoms with E-state index in [4.69, 9.17) is 5.11 Å².